The minimum absolute atomic E-state index is 0.772. The van der Waals surface area contributed by atoms with Crippen LogP contribution in [0.4, 0.5) is 0 Å². The summed E-state index contributed by atoms with van der Waals surface area (Å²) in [6, 6.07) is 0. The van der Waals surface area contributed by atoms with Crippen LogP contribution in [0.5, 0.6) is 0 Å². The van der Waals surface area contributed by atoms with Crippen LogP contribution in [-0.4, -0.2) is 59.3 Å². The molecule has 0 aliphatic rings. The van der Waals surface area contributed by atoms with E-state index < -0.39 is 32.3 Å². The summed E-state index contributed by atoms with van der Waals surface area (Å²) < 4.78 is 20.3. The smallest absolute Gasteiger partial charge is 0.361 e. The van der Waals surface area contributed by atoms with Crippen molar-refractivity contribution in [1.82, 2.24) is 0 Å². The highest BCUT2D eigenvalue weighted by atomic mass is 31.2. The first kappa shape index (κ1) is 14.0. The van der Waals surface area contributed by atoms with Gasteiger partial charge < -0.3 is 29.5 Å². The molecule has 14 heavy (non-hydrogen) atoms. The molecule has 0 saturated carbocycles. The molecule has 0 aromatic heterocycles. The Hall–Kier alpha value is -0.0100. The Labute approximate surface area is 81.4 Å². The average Bonchev–Trinajstić information content (AvgIpc) is 2.24. The van der Waals surface area contributed by atoms with Gasteiger partial charge in [-0.05, 0) is 0 Å². The third kappa shape index (κ3) is 2.99. The predicted octanol–water partition coefficient (Wildman–Crippen LogP) is -1.50. The Morgan fingerprint density at radius 3 is 1.93 bits per heavy atom. The summed E-state index contributed by atoms with van der Waals surface area (Å²) in [5.74, 6) is -1.90. The van der Waals surface area contributed by atoms with E-state index in [9.17, 15) is 14.8 Å². The predicted molar refractivity (Wildman–Crippen MR) is 46.7 cm³/mol. The van der Waals surface area contributed by atoms with Crippen molar-refractivity contribution in [3.05, 3.63) is 0 Å². The number of aliphatic hydroxyl groups excluding tert-OH is 4. The van der Waals surface area contributed by atoms with Crippen molar-refractivity contribution in [2.45, 2.75) is 18.1 Å². The third-order valence-corrected chi connectivity index (χ3v) is 3.69. The summed E-state index contributed by atoms with van der Waals surface area (Å²) in [6.07, 6.45) is -3.41. The van der Waals surface area contributed by atoms with Crippen LogP contribution < -0.4 is 0 Å². The lowest BCUT2D eigenvalue weighted by Gasteiger charge is -2.25. The monoisotopic (exact) mass is 230 g/mol. The van der Waals surface area contributed by atoms with Gasteiger partial charge in [-0.3, -0.25) is 4.57 Å². The highest BCUT2D eigenvalue weighted by molar-refractivity contribution is 7.54. The molecule has 0 unspecified atom stereocenters. The summed E-state index contributed by atoms with van der Waals surface area (Å²) in [7, 11) is -1.79. The molecular weight excluding hydrogens is 215 g/mol. The van der Waals surface area contributed by atoms with Crippen LogP contribution in [0.1, 0.15) is 0 Å². The molecule has 0 rings (SSSR count). The molecule has 0 aromatic rings. The number of hydrogen-bond donors (Lipinski definition) is 4. The average molecular weight is 230 g/mol. The Morgan fingerprint density at radius 1 is 1.21 bits per heavy atom. The standard InChI is InChI=1S/C6H15O7P/c1-12-14(11,13-2)6(10)5(9)4(8)3-7/h4-10H,3H2,1-2H3/t4-,5-,6+/m1/s1. The van der Waals surface area contributed by atoms with Gasteiger partial charge in [-0.2, -0.15) is 0 Å². The van der Waals surface area contributed by atoms with Crippen LogP contribution in [0.15, 0.2) is 0 Å². The summed E-state index contributed by atoms with van der Waals surface area (Å²) >= 11 is 0. The van der Waals surface area contributed by atoms with Gasteiger partial charge in [0, 0.05) is 14.2 Å². The SMILES string of the molecule is COP(=O)(OC)[C@H](O)[C@H](O)[C@H](O)CO. The molecule has 86 valence electrons. The fourth-order valence-corrected chi connectivity index (χ4v) is 1.94. The molecule has 0 aliphatic carbocycles. The lowest BCUT2D eigenvalue weighted by molar-refractivity contribution is -0.0587. The van der Waals surface area contributed by atoms with E-state index in [1.807, 2.05) is 0 Å². The number of aliphatic hydroxyl groups is 4. The maximum Gasteiger partial charge on any atom is 0.361 e. The second-order valence-corrected chi connectivity index (χ2v) is 4.90. The molecule has 0 spiro atoms. The maximum absolute atomic E-state index is 11.5. The van der Waals surface area contributed by atoms with Gasteiger partial charge in [0.25, 0.3) is 0 Å². The van der Waals surface area contributed by atoms with Crippen molar-refractivity contribution in [2.75, 3.05) is 20.8 Å². The molecular formula is C6H15O7P. The normalized spacial score (nSPS) is 19.0. The van der Waals surface area contributed by atoms with E-state index in [2.05, 4.69) is 9.05 Å². The largest absolute Gasteiger partial charge is 0.394 e. The van der Waals surface area contributed by atoms with Crippen LogP contribution in [0.2, 0.25) is 0 Å². The van der Waals surface area contributed by atoms with E-state index in [1.165, 1.54) is 0 Å². The zero-order valence-corrected chi connectivity index (χ0v) is 8.79. The van der Waals surface area contributed by atoms with Gasteiger partial charge in [-0.15, -0.1) is 0 Å². The summed E-state index contributed by atoms with van der Waals surface area (Å²) in [5, 5.41) is 35.9. The Morgan fingerprint density at radius 2 is 1.64 bits per heavy atom. The number of rotatable bonds is 6. The number of hydrogen-bond acceptors (Lipinski definition) is 7. The van der Waals surface area contributed by atoms with Crippen LogP contribution in [-0.2, 0) is 13.6 Å². The molecule has 0 heterocycles. The Balaban J connectivity index is 4.58. The van der Waals surface area contributed by atoms with E-state index >= 15 is 0 Å². The zero-order chi connectivity index (χ0) is 11.4. The highest BCUT2D eigenvalue weighted by Crippen LogP contribution is 2.51. The van der Waals surface area contributed by atoms with Crippen molar-refractivity contribution in [3.63, 3.8) is 0 Å². The van der Waals surface area contributed by atoms with Crippen molar-refractivity contribution >= 4 is 7.60 Å². The van der Waals surface area contributed by atoms with Gasteiger partial charge in [0.1, 0.15) is 12.2 Å². The maximum atomic E-state index is 11.5. The van der Waals surface area contributed by atoms with E-state index in [1.54, 1.807) is 0 Å². The first-order chi connectivity index (χ1) is 6.42. The molecule has 4 N–H and O–H groups in total. The topological polar surface area (TPSA) is 116 Å². The van der Waals surface area contributed by atoms with Crippen molar-refractivity contribution in [3.8, 4) is 0 Å². The van der Waals surface area contributed by atoms with E-state index in [0.29, 0.717) is 0 Å². The fourth-order valence-electron chi connectivity index (χ4n) is 0.784. The van der Waals surface area contributed by atoms with Crippen LogP contribution >= 0.6 is 7.60 Å². The molecule has 0 saturated heterocycles. The van der Waals surface area contributed by atoms with Gasteiger partial charge in [0.2, 0.25) is 0 Å². The van der Waals surface area contributed by atoms with Crippen molar-refractivity contribution in [1.29, 1.82) is 0 Å². The van der Waals surface area contributed by atoms with Crippen molar-refractivity contribution in [2.24, 2.45) is 0 Å². The minimum Gasteiger partial charge on any atom is -0.394 e. The lowest BCUT2D eigenvalue weighted by atomic mass is 10.2. The second-order valence-electron chi connectivity index (χ2n) is 2.56. The van der Waals surface area contributed by atoms with Crippen LogP contribution in [0, 0.1) is 0 Å². The van der Waals surface area contributed by atoms with Crippen LogP contribution in [0.3, 0.4) is 0 Å². The zero-order valence-electron chi connectivity index (χ0n) is 7.90. The van der Waals surface area contributed by atoms with Gasteiger partial charge in [0.05, 0.1) is 6.61 Å². The van der Waals surface area contributed by atoms with Crippen LogP contribution in [0.25, 0.3) is 0 Å². The van der Waals surface area contributed by atoms with Gasteiger partial charge in [-0.1, -0.05) is 0 Å². The minimum atomic E-state index is -3.86. The molecule has 0 bridgehead atoms. The molecule has 8 heteroatoms. The lowest BCUT2D eigenvalue weighted by Crippen LogP contribution is -2.39. The molecule has 0 radical (unpaired) electrons. The quantitative estimate of drug-likeness (QED) is 0.410. The Bertz CT molecular complexity index is 200. The van der Waals surface area contributed by atoms with E-state index in [4.69, 9.17) is 10.2 Å². The van der Waals surface area contributed by atoms with Gasteiger partial charge in [0.15, 0.2) is 5.85 Å². The Kier molecular flexibility index (Phi) is 5.77. The second kappa shape index (κ2) is 5.77. The molecule has 0 aliphatic heterocycles. The first-order valence-electron chi connectivity index (χ1n) is 3.79. The molecule has 3 atom stereocenters. The van der Waals surface area contributed by atoms with E-state index in [-0.39, 0.29) is 0 Å². The molecule has 0 amide bonds. The van der Waals surface area contributed by atoms with Gasteiger partial charge >= 0.3 is 7.60 Å². The van der Waals surface area contributed by atoms with Gasteiger partial charge in [-0.25, -0.2) is 0 Å². The molecule has 0 aromatic carbocycles. The molecule has 7 nitrogen and oxygen atoms in total. The summed E-state index contributed by atoms with van der Waals surface area (Å²) in [5.41, 5.74) is 0. The van der Waals surface area contributed by atoms with E-state index in [0.717, 1.165) is 14.2 Å². The van der Waals surface area contributed by atoms with Crippen molar-refractivity contribution < 1.29 is 34.0 Å². The first-order valence-corrected chi connectivity index (χ1v) is 5.40. The fraction of sp³-hybridized carbons (Fsp3) is 1.00. The summed E-state index contributed by atoms with van der Waals surface area (Å²) in [4.78, 5) is 0. The summed E-state index contributed by atoms with van der Waals surface area (Å²) in [6.45, 7) is -0.772. The molecule has 0 fully saturated rings. The third-order valence-electron chi connectivity index (χ3n) is 1.72. The highest BCUT2D eigenvalue weighted by Gasteiger charge is 2.40.